The van der Waals surface area contributed by atoms with Gasteiger partial charge in [0.25, 0.3) is 0 Å². The Bertz CT molecular complexity index is 1320. The fraction of sp³-hybridized carbons (Fsp3) is 0.649. The zero-order valence-electron chi connectivity index (χ0n) is 26.4. The maximum atomic E-state index is 12.6. The van der Waals surface area contributed by atoms with E-state index in [2.05, 4.69) is 48.2 Å². The van der Waals surface area contributed by atoms with Gasteiger partial charge in [-0.1, -0.05) is 56.5 Å². The Morgan fingerprint density at radius 1 is 1.09 bits per heavy atom. The molecular weight excluding hydrogens is 554 g/mol. The number of esters is 1. The van der Waals surface area contributed by atoms with Gasteiger partial charge in [0.1, 0.15) is 11.3 Å². The molecule has 7 unspecified atom stereocenters. The van der Waals surface area contributed by atoms with Crippen LogP contribution in [0.1, 0.15) is 83.1 Å². The molecule has 7 nitrogen and oxygen atoms in total. The van der Waals surface area contributed by atoms with Crippen molar-refractivity contribution >= 4 is 5.97 Å². The number of aliphatic hydroxyl groups excluding tert-OH is 2. The van der Waals surface area contributed by atoms with Crippen LogP contribution >= 0.6 is 0 Å². The lowest BCUT2D eigenvalue weighted by Gasteiger charge is -2.49. The first kappa shape index (κ1) is 30.1. The van der Waals surface area contributed by atoms with E-state index >= 15 is 0 Å². The van der Waals surface area contributed by atoms with Crippen LogP contribution in [0.2, 0.25) is 0 Å². The van der Waals surface area contributed by atoms with E-state index in [4.69, 9.17) is 14.2 Å². The van der Waals surface area contributed by atoms with Gasteiger partial charge in [-0.2, -0.15) is 0 Å². The number of piperidine rings is 1. The lowest BCUT2D eigenvalue weighted by Crippen LogP contribution is -2.57. The van der Waals surface area contributed by atoms with Crippen LogP contribution in [0.4, 0.5) is 0 Å². The van der Waals surface area contributed by atoms with E-state index in [1.165, 1.54) is 57.6 Å². The minimum atomic E-state index is -0.582. The zero-order chi connectivity index (χ0) is 30.4. The second-order valence-corrected chi connectivity index (χ2v) is 14.4. The molecule has 4 aliphatic heterocycles. The molecule has 7 rings (SSSR count). The van der Waals surface area contributed by atoms with E-state index in [0.29, 0.717) is 28.8 Å². The van der Waals surface area contributed by atoms with Crippen LogP contribution in [0.25, 0.3) is 0 Å². The molecule has 1 aromatic rings. The number of allylic oxidation sites excluding steroid dienone is 1. The highest BCUT2D eigenvalue weighted by molar-refractivity contribution is 5.94. The van der Waals surface area contributed by atoms with Gasteiger partial charge in [-0.05, 0) is 86.7 Å². The molecule has 2 saturated heterocycles. The first-order chi connectivity index (χ1) is 21.4. The monoisotopic (exact) mass is 603 g/mol. The minimum Gasteiger partial charge on any atom is -0.492 e. The second-order valence-electron chi connectivity index (χ2n) is 14.4. The van der Waals surface area contributed by atoms with Gasteiger partial charge in [0.05, 0.1) is 19.8 Å². The largest absolute Gasteiger partial charge is 0.492 e. The molecule has 4 heterocycles. The van der Waals surface area contributed by atoms with Gasteiger partial charge in [-0.15, -0.1) is 0 Å². The number of rotatable bonds is 7. The molecule has 238 valence electrons. The summed E-state index contributed by atoms with van der Waals surface area (Å²) in [6.45, 7) is 2.62. The number of carbonyl (C=O) groups is 1. The predicted molar refractivity (Wildman–Crippen MR) is 167 cm³/mol. The van der Waals surface area contributed by atoms with Gasteiger partial charge in [0, 0.05) is 30.5 Å². The average Bonchev–Trinajstić information content (AvgIpc) is 3.78. The van der Waals surface area contributed by atoms with Gasteiger partial charge in [-0.3, -0.25) is 4.90 Å². The molecular formula is C37H49NO6. The highest BCUT2D eigenvalue weighted by Gasteiger charge is 2.52. The summed E-state index contributed by atoms with van der Waals surface area (Å²) in [6.07, 6.45) is 16.0. The van der Waals surface area contributed by atoms with Gasteiger partial charge in [0.15, 0.2) is 11.5 Å². The number of ether oxygens (including phenoxy) is 3. The summed E-state index contributed by atoms with van der Waals surface area (Å²) in [5, 5.41) is 22.0. The minimum absolute atomic E-state index is 0.0531. The van der Waals surface area contributed by atoms with Crippen LogP contribution in [0.15, 0.2) is 65.0 Å². The fourth-order valence-corrected chi connectivity index (χ4v) is 10.2. The molecule has 2 saturated carbocycles. The summed E-state index contributed by atoms with van der Waals surface area (Å²) in [5.41, 5.74) is 1.95. The topological polar surface area (TPSA) is 88.5 Å². The molecule has 1 aromatic carbocycles. The average molecular weight is 604 g/mol. The fourth-order valence-electron chi connectivity index (χ4n) is 10.2. The number of cyclic esters (lactones) is 1. The number of benzene rings is 1. The standard InChI is InChI=1S/C37H49NO6/c1-23-32-29-20-25(18-24-10-4-3-5-11-24)19-28(30(40)21-26-12-8-16-37(26)14-6-7-15-37)38(29)17-9-13-31(32)43-33(23)35-34(42-2)27(22-39)36(41)44-35/h3-5,10-11,13,23,25-26,28-30,32,39-40H,6-9,12,14-22H2,1-2H3. The third-order valence-electron chi connectivity index (χ3n) is 12.2. The summed E-state index contributed by atoms with van der Waals surface area (Å²) in [6, 6.07) is 11.1. The van der Waals surface area contributed by atoms with Crippen molar-refractivity contribution < 1.29 is 29.2 Å². The third kappa shape index (κ3) is 5.23. The Morgan fingerprint density at radius 2 is 1.86 bits per heavy atom. The molecule has 2 N–H and O–H groups in total. The van der Waals surface area contributed by atoms with E-state index in [1.807, 2.05) is 0 Å². The quantitative estimate of drug-likeness (QED) is 0.369. The number of hydrogen-bond acceptors (Lipinski definition) is 7. The van der Waals surface area contributed by atoms with Crippen LogP contribution in [-0.4, -0.2) is 59.5 Å². The highest BCUT2D eigenvalue weighted by Crippen LogP contribution is 2.56. The molecule has 7 heteroatoms. The van der Waals surface area contributed by atoms with E-state index in [0.717, 1.165) is 44.4 Å². The Hall–Kier alpha value is -2.61. The SMILES string of the molecule is COC1=C(CO)C(=O)OC1=C1OC2=CCCN3C(C(O)CC4CCCC45CCCC5)CC(Cc4ccccc4)CC3C2C1C. The maximum Gasteiger partial charge on any atom is 0.345 e. The normalized spacial score (nSPS) is 35.6. The van der Waals surface area contributed by atoms with Gasteiger partial charge in [0.2, 0.25) is 5.76 Å². The molecule has 0 bridgehead atoms. The van der Waals surface area contributed by atoms with Gasteiger partial charge in [-0.25, -0.2) is 4.79 Å². The molecule has 0 amide bonds. The van der Waals surface area contributed by atoms with Crippen molar-refractivity contribution in [1.29, 1.82) is 0 Å². The number of fused-ring (bicyclic) bond motifs is 3. The first-order valence-electron chi connectivity index (χ1n) is 17.1. The molecule has 4 fully saturated rings. The third-order valence-corrected chi connectivity index (χ3v) is 12.2. The van der Waals surface area contributed by atoms with E-state index in [-0.39, 0.29) is 41.4 Å². The highest BCUT2D eigenvalue weighted by atomic mass is 16.6. The molecule has 44 heavy (non-hydrogen) atoms. The molecule has 1 spiro atoms. The Kier molecular flexibility index (Phi) is 8.40. The lowest BCUT2D eigenvalue weighted by atomic mass is 9.70. The van der Waals surface area contributed by atoms with E-state index in [1.54, 1.807) is 0 Å². The first-order valence-corrected chi connectivity index (χ1v) is 17.1. The molecule has 0 aromatic heterocycles. The van der Waals surface area contributed by atoms with Crippen LogP contribution in [0, 0.1) is 29.1 Å². The molecule has 6 aliphatic rings. The number of methoxy groups -OCH3 is 1. The number of hydrogen-bond donors (Lipinski definition) is 2. The lowest BCUT2D eigenvalue weighted by molar-refractivity contribution is -0.133. The molecule has 2 aliphatic carbocycles. The van der Waals surface area contributed by atoms with E-state index in [9.17, 15) is 15.0 Å². The molecule has 7 atom stereocenters. The smallest absolute Gasteiger partial charge is 0.345 e. The summed E-state index contributed by atoms with van der Waals surface area (Å²) in [4.78, 5) is 15.2. The van der Waals surface area contributed by atoms with Crippen molar-refractivity contribution in [3.05, 3.63) is 70.6 Å². The van der Waals surface area contributed by atoms with Crippen LogP contribution in [-0.2, 0) is 25.4 Å². The van der Waals surface area contributed by atoms with Crippen LogP contribution in [0.3, 0.4) is 0 Å². The second kappa shape index (κ2) is 12.3. The van der Waals surface area contributed by atoms with Crippen molar-refractivity contribution in [2.75, 3.05) is 20.3 Å². The summed E-state index contributed by atoms with van der Waals surface area (Å²) in [5.74, 6) is 2.63. The Morgan fingerprint density at radius 3 is 2.61 bits per heavy atom. The Labute approximate surface area is 261 Å². The van der Waals surface area contributed by atoms with Crippen LogP contribution in [0.5, 0.6) is 0 Å². The number of carbonyl (C=O) groups excluding carboxylic acids is 1. The van der Waals surface area contributed by atoms with Gasteiger partial charge >= 0.3 is 5.97 Å². The maximum absolute atomic E-state index is 12.6. The van der Waals surface area contributed by atoms with Crippen LogP contribution < -0.4 is 0 Å². The summed E-state index contributed by atoms with van der Waals surface area (Å²) < 4.78 is 17.8. The van der Waals surface area contributed by atoms with Crippen molar-refractivity contribution in [2.24, 2.45) is 29.1 Å². The predicted octanol–water partition coefficient (Wildman–Crippen LogP) is 6.02. The molecule has 0 radical (unpaired) electrons. The number of aliphatic hydroxyl groups is 2. The summed E-state index contributed by atoms with van der Waals surface area (Å²) >= 11 is 0. The van der Waals surface area contributed by atoms with E-state index < -0.39 is 12.6 Å². The van der Waals surface area contributed by atoms with Crippen molar-refractivity contribution in [1.82, 2.24) is 4.90 Å². The summed E-state index contributed by atoms with van der Waals surface area (Å²) in [7, 11) is 1.49. The zero-order valence-corrected chi connectivity index (χ0v) is 26.4. The van der Waals surface area contributed by atoms with Gasteiger partial charge < -0.3 is 24.4 Å². The van der Waals surface area contributed by atoms with Crippen molar-refractivity contribution in [3.8, 4) is 0 Å². The number of nitrogens with zero attached hydrogens (tertiary/aromatic N) is 1. The van der Waals surface area contributed by atoms with Crippen molar-refractivity contribution in [3.63, 3.8) is 0 Å². The van der Waals surface area contributed by atoms with Crippen molar-refractivity contribution in [2.45, 2.75) is 102 Å². The Balaban J connectivity index is 1.20.